The molecular weight excluding hydrogens is 413 g/mol. The number of hydrogen-bond donors (Lipinski definition) is 1. The fourth-order valence-electron chi connectivity index (χ4n) is 2.81. The van der Waals surface area contributed by atoms with E-state index < -0.39 is 0 Å². The van der Waals surface area contributed by atoms with Gasteiger partial charge in [0, 0.05) is 17.1 Å². The molecule has 2 aromatic carbocycles. The summed E-state index contributed by atoms with van der Waals surface area (Å²) in [5.41, 5.74) is 5.22. The molecule has 0 saturated carbocycles. The summed E-state index contributed by atoms with van der Waals surface area (Å²) in [6.07, 6.45) is 1.55. The number of fused-ring (bicyclic) bond motifs is 1. The average Bonchev–Trinajstić information content (AvgIpc) is 3.04. The molecular formula is C19H15BrFN5O. The van der Waals surface area contributed by atoms with E-state index in [-0.39, 0.29) is 11.4 Å². The minimum absolute atomic E-state index is 0.267. The molecule has 4 rings (SSSR count). The summed E-state index contributed by atoms with van der Waals surface area (Å²) in [6, 6.07) is 13.6. The molecule has 0 aliphatic heterocycles. The third kappa shape index (κ3) is 3.35. The van der Waals surface area contributed by atoms with Crippen molar-refractivity contribution in [3.05, 3.63) is 81.1 Å². The van der Waals surface area contributed by atoms with E-state index in [0.717, 1.165) is 10.0 Å². The molecule has 0 aliphatic rings. The number of aromatic nitrogens is 4. The van der Waals surface area contributed by atoms with E-state index in [1.54, 1.807) is 30.1 Å². The Balaban J connectivity index is 1.82. The zero-order valence-corrected chi connectivity index (χ0v) is 15.9. The summed E-state index contributed by atoms with van der Waals surface area (Å²) in [4.78, 5) is 21.8. The molecule has 0 radical (unpaired) electrons. The van der Waals surface area contributed by atoms with Gasteiger partial charge in [0.15, 0.2) is 17.0 Å². The Morgan fingerprint density at radius 3 is 2.52 bits per heavy atom. The third-order valence-corrected chi connectivity index (χ3v) is 4.73. The SMILES string of the molecule is Cn1cnc2nc(-c3ccc(F)cc3)n(NCc3ccc(Br)cc3)c(=O)c21. The predicted molar refractivity (Wildman–Crippen MR) is 105 cm³/mol. The minimum atomic E-state index is -0.352. The fourth-order valence-corrected chi connectivity index (χ4v) is 3.07. The van der Waals surface area contributed by atoms with Crippen molar-refractivity contribution in [2.45, 2.75) is 6.54 Å². The summed E-state index contributed by atoms with van der Waals surface area (Å²) >= 11 is 3.41. The van der Waals surface area contributed by atoms with Gasteiger partial charge in [-0.25, -0.2) is 19.0 Å². The van der Waals surface area contributed by atoms with E-state index in [2.05, 4.69) is 31.3 Å². The molecule has 4 aromatic rings. The van der Waals surface area contributed by atoms with Crippen LogP contribution in [-0.2, 0) is 13.6 Å². The average molecular weight is 428 g/mol. The van der Waals surface area contributed by atoms with E-state index in [9.17, 15) is 9.18 Å². The first-order valence-electron chi connectivity index (χ1n) is 8.21. The summed E-state index contributed by atoms with van der Waals surface area (Å²) in [6.45, 7) is 0.423. The quantitative estimate of drug-likeness (QED) is 0.541. The van der Waals surface area contributed by atoms with Gasteiger partial charge in [-0.2, -0.15) is 0 Å². The van der Waals surface area contributed by atoms with E-state index in [1.165, 1.54) is 16.8 Å². The number of hydrogen-bond acceptors (Lipinski definition) is 4. The first kappa shape index (κ1) is 17.4. The van der Waals surface area contributed by atoms with Crippen LogP contribution in [0.3, 0.4) is 0 Å². The molecule has 8 heteroatoms. The van der Waals surface area contributed by atoms with E-state index in [0.29, 0.717) is 29.1 Å². The van der Waals surface area contributed by atoms with Crippen LogP contribution in [0, 0.1) is 5.82 Å². The minimum Gasteiger partial charge on any atom is -0.328 e. The molecule has 2 aromatic heterocycles. The number of imidazole rings is 1. The molecule has 27 heavy (non-hydrogen) atoms. The Hall–Kier alpha value is -3.00. The van der Waals surface area contributed by atoms with Gasteiger partial charge in [0.25, 0.3) is 5.56 Å². The van der Waals surface area contributed by atoms with E-state index in [4.69, 9.17) is 0 Å². The molecule has 2 heterocycles. The van der Waals surface area contributed by atoms with Crippen LogP contribution in [0.5, 0.6) is 0 Å². The Morgan fingerprint density at radius 1 is 1.11 bits per heavy atom. The molecule has 0 aliphatic carbocycles. The number of aryl methyl sites for hydroxylation is 1. The summed E-state index contributed by atoms with van der Waals surface area (Å²) in [5.74, 6) is 0.0256. The second-order valence-corrected chi connectivity index (χ2v) is 6.99. The van der Waals surface area contributed by atoms with Crippen LogP contribution < -0.4 is 11.0 Å². The van der Waals surface area contributed by atoms with Gasteiger partial charge in [0.2, 0.25) is 0 Å². The van der Waals surface area contributed by atoms with Crippen molar-refractivity contribution in [1.29, 1.82) is 0 Å². The maximum Gasteiger partial charge on any atom is 0.298 e. The summed E-state index contributed by atoms with van der Waals surface area (Å²) < 4.78 is 17.3. The van der Waals surface area contributed by atoms with Crippen molar-refractivity contribution in [2.24, 2.45) is 7.05 Å². The molecule has 6 nitrogen and oxygen atoms in total. The standard InChI is InChI=1S/C19H15BrFN5O/c1-25-11-22-17-16(25)19(27)26(23-10-12-2-6-14(20)7-3-12)18(24-17)13-4-8-15(21)9-5-13/h2-9,11,23H,10H2,1H3. The van der Waals surface area contributed by atoms with Crippen LogP contribution in [0.1, 0.15) is 5.56 Å². The van der Waals surface area contributed by atoms with Gasteiger partial charge in [-0.05, 0) is 42.0 Å². The highest BCUT2D eigenvalue weighted by Gasteiger charge is 2.16. The Kier molecular flexibility index (Phi) is 4.49. The van der Waals surface area contributed by atoms with Gasteiger partial charge in [0.05, 0.1) is 12.9 Å². The van der Waals surface area contributed by atoms with Crippen LogP contribution in [0.4, 0.5) is 4.39 Å². The zero-order chi connectivity index (χ0) is 19.0. The number of nitrogens with zero attached hydrogens (tertiary/aromatic N) is 4. The van der Waals surface area contributed by atoms with Gasteiger partial charge in [0.1, 0.15) is 5.82 Å². The van der Waals surface area contributed by atoms with Crippen molar-refractivity contribution >= 4 is 27.1 Å². The number of rotatable bonds is 4. The Bertz CT molecular complexity index is 1170. The van der Waals surface area contributed by atoms with Crippen LogP contribution in [0.15, 0.2) is 64.1 Å². The van der Waals surface area contributed by atoms with Crippen LogP contribution >= 0.6 is 15.9 Å². The zero-order valence-electron chi connectivity index (χ0n) is 14.4. The maximum atomic E-state index is 13.3. The second-order valence-electron chi connectivity index (χ2n) is 6.07. The molecule has 0 spiro atoms. The van der Waals surface area contributed by atoms with Crippen molar-refractivity contribution in [1.82, 2.24) is 19.2 Å². The topological polar surface area (TPSA) is 64.7 Å². The van der Waals surface area contributed by atoms with E-state index in [1.807, 2.05) is 24.3 Å². The lowest BCUT2D eigenvalue weighted by atomic mass is 10.2. The number of benzene rings is 2. The van der Waals surface area contributed by atoms with Gasteiger partial charge in [-0.1, -0.05) is 28.1 Å². The molecule has 1 N–H and O–H groups in total. The van der Waals surface area contributed by atoms with E-state index >= 15 is 0 Å². The maximum absolute atomic E-state index is 13.3. The summed E-state index contributed by atoms with van der Waals surface area (Å²) in [7, 11) is 1.75. The lowest BCUT2D eigenvalue weighted by Gasteiger charge is -2.15. The van der Waals surface area contributed by atoms with Gasteiger partial charge < -0.3 is 9.99 Å². The molecule has 0 amide bonds. The first-order chi connectivity index (χ1) is 13.0. The molecule has 0 atom stereocenters. The van der Waals surface area contributed by atoms with Gasteiger partial charge in [-0.15, -0.1) is 0 Å². The highest BCUT2D eigenvalue weighted by Crippen LogP contribution is 2.18. The lowest BCUT2D eigenvalue weighted by molar-refractivity contribution is 0.628. The first-order valence-corrected chi connectivity index (χ1v) is 9.00. The van der Waals surface area contributed by atoms with Crippen LogP contribution in [-0.4, -0.2) is 19.2 Å². The van der Waals surface area contributed by atoms with Crippen molar-refractivity contribution in [2.75, 3.05) is 5.43 Å². The molecule has 0 fully saturated rings. The third-order valence-electron chi connectivity index (χ3n) is 4.20. The highest BCUT2D eigenvalue weighted by atomic mass is 79.9. The Labute approximate surface area is 162 Å². The van der Waals surface area contributed by atoms with Crippen LogP contribution in [0.2, 0.25) is 0 Å². The molecule has 136 valence electrons. The number of halogens is 2. The Morgan fingerprint density at radius 2 is 1.81 bits per heavy atom. The molecule has 0 unspecified atom stereocenters. The van der Waals surface area contributed by atoms with Gasteiger partial charge in [-0.3, -0.25) is 4.79 Å². The van der Waals surface area contributed by atoms with Crippen molar-refractivity contribution < 1.29 is 4.39 Å². The number of nitrogens with one attached hydrogen (secondary N) is 1. The molecule has 0 saturated heterocycles. The summed E-state index contributed by atoms with van der Waals surface area (Å²) in [5, 5.41) is 0. The fraction of sp³-hybridized carbons (Fsp3) is 0.105. The molecule has 0 bridgehead atoms. The van der Waals surface area contributed by atoms with Crippen LogP contribution in [0.25, 0.3) is 22.6 Å². The normalized spacial score (nSPS) is 11.1. The second kappa shape index (κ2) is 6.96. The smallest absolute Gasteiger partial charge is 0.298 e. The van der Waals surface area contributed by atoms with Crippen molar-refractivity contribution in [3.8, 4) is 11.4 Å². The largest absolute Gasteiger partial charge is 0.328 e. The lowest BCUT2D eigenvalue weighted by Crippen LogP contribution is -2.32. The predicted octanol–water partition coefficient (Wildman–Crippen LogP) is 3.44. The monoisotopic (exact) mass is 427 g/mol. The van der Waals surface area contributed by atoms with Crippen molar-refractivity contribution in [3.63, 3.8) is 0 Å². The van der Waals surface area contributed by atoms with Gasteiger partial charge >= 0.3 is 0 Å². The highest BCUT2D eigenvalue weighted by molar-refractivity contribution is 9.10.